The van der Waals surface area contributed by atoms with Gasteiger partial charge in [0.15, 0.2) is 0 Å². The number of rotatable bonds is 3. The maximum atomic E-state index is 11.9. The van der Waals surface area contributed by atoms with Crippen molar-refractivity contribution in [2.45, 2.75) is 18.9 Å². The number of piperidine rings is 1. The van der Waals surface area contributed by atoms with Gasteiger partial charge in [0.1, 0.15) is 0 Å². The first-order chi connectivity index (χ1) is 8.65. The molecule has 1 amide bonds. The molecular weight excluding hydrogens is 294 g/mol. The average Bonchev–Trinajstić information content (AvgIpc) is 2.35. The largest absolute Gasteiger partial charge is 0.328 e. The minimum Gasteiger partial charge on any atom is -0.328 e. The summed E-state index contributed by atoms with van der Waals surface area (Å²) in [5.41, 5.74) is 6.65. The number of nitrogens with one attached hydrogen (secondary N) is 1. The van der Waals surface area contributed by atoms with Crippen LogP contribution >= 0.6 is 15.9 Å². The number of nitrogens with two attached hydrogens (primary N) is 1. The summed E-state index contributed by atoms with van der Waals surface area (Å²) >= 11 is 3.41. The van der Waals surface area contributed by atoms with Crippen molar-refractivity contribution in [3.8, 4) is 0 Å². The molecule has 0 saturated carbocycles. The quantitative estimate of drug-likeness (QED) is 0.895. The predicted molar refractivity (Wildman–Crippen MR) is 76.4 cm³/mol. The lowest BCUT2D eigenvalue weighted by atomic mass is 10.1. The highest BCUT2D eigenvalue weighted by molar-refractivity contribution is 9.10. The van der Waals surface area contributed by atoms with Gasteiger partial charge in [-0.05, 0) is 40.9 Å². The number of nitrogens with zero attached hydrogens (tertiary/aromatic N) is 1. The fraction of sp³-hybridized carbons (Fsp3) is 0.462. The summed E-state index contributed by atoms with van der Waals surface area (Å²) < 4.78 is 0.902. The molecule has 18 heavy (non-hydrogen) atoms. The zero-order chi connectivity index (χ0) is 13.0. The Morgan fingerprint density at radius 3 is 2.72 bits per heavy atom. The second-order valence-corrected chi connectivity index (χ2v) is 5.50. The van der Waals surface area contributed by atoms with Gasteiger partial charge < -0.3 is 11.1 Å². The van der Waals surface area contributed by atoms with E-state index in [4.69, 9.17) is 5.73 Å². The van der Waals surface area contributed by atoms with Crippen molar-refractivity contribution in [3.63, 3.8) is 0 Å². The van der Waals surface area contributed by atoms with Crippen molar-refractivity contribution in [3.05, 3.63) is 28.7 Å². The SMILES string of the molecule is NC1CCN(CC(=O)Nc2ccccc2Br)CC1. The van der Waals surface area contributed by atoms with Crippen molar-refractivity contribution in [1.29, 1.82) is 0 Å². The van der Waals surface area contributed by atoms with Crippen molar-refractivity contribution in [2.24, 2.45) is 5.73 Å². The number of anilines is 1. The molecule has 1 aliphatic rings. The van der Waals surface area contributed by atoms with Gasteiger partial charge in [-0.1, -0.05) is 12.1 Å². The molecule has 0 aliphatic carbocycles. The van der Waals surface area contributed by atoms with Crippen molar-refractivity contribution >= 4 is 27.5 Å². The van der Waals surface area contributed by atoms with Crippen LogP contribution in [0.15, 0.2) is 28.7 Å². The lowest BCUT2D eigenvalue weighted by Crippen LogP contribution is -2.43. The minimum atomic E-state index is 0.0253. The van der Waals surface area contributed by atoms with Crippen LogP contribution in [0.3, 0.4) is 0 Å². The van der Waals surface area contributed by atoms with Gasteiger partial charge in [-0.2, -0.15) is 0 Å². The van der Waals surface area contributed by atoms with E-state index in [2.05, 4.69) is 26.1 Å². The number of likely N-dealkylation sites (tertiary alicyclic amines) is 1. The smallest absolute Gasteiger partial charge is 0.238 e. The number of amides is 1. The molecule has 0 aromatic heterocycles. The second kappa shape index (κ2) is 6.31. The normalized spacial score (nSPS) is 17.7. The molecule has 98 valence electrons. The third-order valence-corrected chi connectivity index (χ3v) is 3.84. The highest BCUT2D eigenvalue weighted by atomic mass is 79.9. The Kier molecular flexibility index (Phi) is 4.74. The summed E-state index contributed by atoms with van der Waals surface area (Å²) in [6, 6.07) is 7.92. The number of hydrogen-bond acceptors (Lipinski definition) is 3. The van der Waals surface area contributed by atoms with Gasteiger partial charge in [0.05, 0.1) is 12.2 Å². The fourth-order valence-corrected chi connectivity index (χ4v) is 2.45. The highest BCUT2D eigenvalue weighted by Gasteiger charge is 2.18. The first-order valence-electron chi connectivity index (χ1n) is 6.17. The monoisotopic (exact) mass is 311 g/mol. The van der Waals surface area contributed by atoms with Gasteiger partial charge >= 0.3 is 0 Å². The van der Waals surface area contributed by atoms with Crippen LogP contribution in [0.1, 0.15) is 12.8 Å². The third-order valence-electron chi connectivity index (χ3n) is 3.15. The molecule has 3 N–H and O–H groups in total. The van der Waals surface area contributed by atoms with Crippen molar-refractivity contribution in [2.75, 3.05) is 25.0 Å². The minimum absolute atomic E-state index is 0.0253. The van der Waals surface area contributed by atoms with Crippen LogP contribution in [-0.2, 0) is 4.79 Å². The van der Waals surface area contributed by atoms with Crippen molar-refractivity contribution < 1.29 is 4.79 Å². The van der Waals surface area contributed by atoms with Crippen LogP contribution in [0.5, 0.6) is 0 Å². The third kappa shape index (κ3) is 3.80. The molecule has 1 aromatic rings. The topological polar surface area (TPSA) is 58.4 Å². The Hall–Kier alpha value is -0.910. The maximum absolute atomic E-state index is 11.9. The van der Waals surface area contributed by atoms with E-state index in [9.17, 15) is 4.79 Å². The van der Waals surface area contributed by atoms with Gasteiger partial charge in [-0.25, -0.2) is 0 Å². The highest BCUT2D eigenvalue weighted by Crippen LogP contribution is 2.21. The van der Waals surface area contributed by atoms with Crippen LogP contribution in [0.4, 0.5) is 5.69 Å². The van der Waals surface area contributed by atoms with E-state index in [-0.39, 0.29) is 5.91 Å². The Labute approximate surface area is 116 Å². The number of para-hydroxylation sites is 1. The van der Waals surface area contributed by atoms with E-state index in [1.54, 1.807) is 0 Å². The van der Waals surface area contributed by atoms with Gasteiger partial charge in [-0.3, -0.25) is 9.69 Å². The molecule has 1 aliphatic heterocycles. The Morgan fingerprint density at radius 1 is 1.39 bits per heavy atom. The van der Waals surface area contributed by atoms with Gasteiger partial charge in [0, 0.05) is 23.6 Å². The first kappa shape index (κ1) is 13.5. The van der Waals surface area contributed by atoms with Crippen LogP contribution in [0, 0.1) is 0 Å². The molecule has 5 heteroatoms. The first-order valence-corrected chi connectivity index (χ1v) is 6.97. The molecule has 0 atom stereocenters. The van der Waals surface area contributed by atoms with Crippen LogP contribution < -0.4 is 11.1 Å². The molecule has 0 radical (unpaired) electrons. The molecule has 1 heterocycles. The van der Waals surface area contributed by atoms with E-state index in [0.29, 0.717) is 12.6 Å². The van der Waals surface area contributed by atoms with Gasteiger partial charge in [-0.15, -0.1) is 0 Å². The van der Waals surface area contributed by atoms with E-state index >= 15 is 0 Å². The van der Waals surface area contributed by atoms with Gasteiger partial charge in [0.2, 0.25) is 5.91 Å². The number of carbonyl (C=O) groups is 1. The molecule has 1 saturated heterocycles. The summed E-state index contributed by atoms with van der Waals surface area (Å²) in [5.74, 6) is 0.0253. The van der Waals surface area contributed by atoms with E-state index in [1.165, 1.54) is 0 Å². The summed E-state index contributed by atoms with van der Waals surface area (Å²) in [5, 5.41) is 2.91. The molecule has 1 fully saturated rings. The molecule has 4 nitrogen and oxygen atoms in total. The van der Waals surface area contributed by atoms with Crippen LogP contribution in [-0.4, -0.2) is 36.5 Å². The van der Waals surface area contributed by atoms with E-state index in [1.807, 2.05) is 24.3 Å². The van der Waals surface area contributed by atoms with E-state index < -0.39 is 0 Å². The molecule has 0 bridgehead atoms. The average molecular weight is 312 g/mol. The second-order valence-electron chi connectivity index (χ2n) is 4.64. The van der Waals surface area contributed by atoms with Gasteiger partial charge in [0.25, 0.3) is 0 Å². The Bertz CT molecular complexity index is 416. The molecular formula is C13H18BrN3O. The molecule has 1 aromatic carbocycles. The zero-order valence-electron chi connectivity index (χ0n) is 10.2. The van der Waals surface area contributed by atoms with Crippen LogP contribution in [0.2, 0.25) is 0 Å². The number of halogens is 1. The molecule has 0 unspecified atom stereocenters. The Morgan fingerprint density at radius 2 is 2.06 bits per heavy atom. The summed E-state index contributed by atoms with van der Waals surface area (Å²) in [4.78, 5) is 14.1. The molecule has 0 spiro atoms. The maximum Gasteiger partial charge on any atom is 0.238 e. The zero-order valence-corrected chi connectivity index (χ0v) is 11.8. The number of carbonyl (C=O) groups excluding carboxylic acids is 1. The van der Waals surface area contributed by atoms with Crippen LogP contribution in [0.25, 0.3) is 0 Å². The Balaban J connectivity index is 1.84. The number of benzene rings is 1. The number of hydrogen-bond donors (Lipinski definition) is 2. The lowest BCUT2D eigenvalue weighted by molar-refractivity contribution is -0.117. The standard InChI is InChI=1S/C13H18BrN3O/c14-11-3-1-2-4-12(11)16-13(18)9-17-7-5-10(15)6-8-17/h1-4,10H,5-9,15H2,(H,16,18). The lowest BCUT2D eigenvalue weighted by Gasteiger charge is -2.29. The molecule has 2 rings (SSSR count). The summed E-state index contributed by atoms with van der Waals surface area (Å²) in [6.07, 6.45) is 1.95. The van der Waals surface area contributed by atoms with E-state index in [0.717, 1.165) is 36.1 Å². The predicted octanol–water partition coefficient (Wildman–Crippen LogP) is 1.81. The fourth-order valence-electron chi connectivity index (χ4n) is 2.07. The van der Waals surface area contributed by atoms with Crippen molar-refractivity contribution in [1.82, 2.24) is 4.90 Å². The summed E-state index contributed by atoms with van der Waals surface area (Å²) in [7, 11) is 0. The summed E-state index contributed by atoms with van der Waals surface area (Å²) in [6.45, 7) is 2.25.